The zero-order chi connectivity index (χ0) is 10.8. The van der Waals surface area contributed by atoms with Crippen molar-refractivity contribution in [3.63, 3.8) is 0 Å². The Morgan fingerprint density at radius 3 is 2.67 bits per heavy atom. The predicted octanol–water partition coefficient (Wildman–Crippen LogP) is 2.88. The molecule has 1 aliphatic heterocycles. The molecule has 1 unspecified atom stereocenters. The van der Waals surface area contributed by atoms with Crippen molar-refractivity contribution in [2.24, 2.45) is 0 Å². The quantitative estimate of drug-likeness (QED) is 0.754. The van der Waals surface area contributed by atoms with Gasteiger partial charge in [0.15, 0.2) is 0 Å². The van der Waals surface area contributed by atoms with E-state index in [1.54, 1.807) is 24.3 Å². The van der Waals surface area contributed by atoms with Gasteiger partial charge < -0.3 is 4.90 Å². The van der Waals surface area contributed by atoms with E-state index in [1.165, 1.54) is 0 Å². The van der Waals surface area contributed by atoms with E-state index in [1.807, 2.05) is 16.7 Å². The number of amides is 1. The lowest BCUT2D eigenvalue weighted by atomic mass is 10.2. The van der Waals surface area contributed by atoms with Crippen molar-refractivity contribution >= 4 is 29.3 Å². The van der Waals surface area contributed by atoms with Gasteiger partial charge in [-0.2, -0.15) is 0 Å². The number of halogens is 1. The van der Waals surface area contributed by atoms with E-state index in [2.05, 4.69) is 6.92 Å². The predicted molar refractivity (Wildman–Crippen MR) is 64.4 cm³/mol. The van der Waals surface area contributed by atoms with Crippen LogP contribution in [0.2, 0.25) is 5.02 Å². The van der Waals surface area contributed by atoms with Crippen molar-refractivity contribution in [1.82, 2.24) is 4.90 Å². The maximum Gasteiger partial charge on any atom is 0.254 e. The maximum absolute atomic E-state index is 12.0. The minimum atomic E-state index is 0.101. The van der Waals surface area contributed by atoms with Crippen molar-refractivity contribution in [3.05, 3.63) is 34.9 Å². The van der Waals surface area contributed by atoms with Gasteiger partial charge >= 0.3 is 0 Å². The molecular weight excluding hydrogens is 230 g/mol. The van der Waals surface area contributed by atoms with E-state index < -0.39 is 0 Å². The first-order chi connectivity index (χ1) is 7.18. The number of nitrogens with zero attached hydrogens (tertiary/aromatic N) is 1. The van der Waals surface area contributed by atoms with E-state index in [-0.39, 0.29) is 11.3 Å². The minimum absolute atomic E-state index is 0.101. The average Bonchev–Trinajstić information content (AvgIpc) is 2.65. The van der Waals surface area contributed by atoms with Gasteiger partial charge in [0.1, 0.15) is 0 Å². The molecule has 1 amide bonds. The summed E-state index contributed by atoms with van der Waals surface area (Å²) in [5, 5.41) is 0.948. The summed E-state index contributed by atoms with van der Waals surface area (Å²) >= 11 is 7.59. The highest BCUT2D eigenvalue weighted by molar-refractivity contribution is 8.00. The fourth-order valence-corrected chi connectivity index (χ4v) is 2.77. The van der Waals surface area contributed by atoms with Crippen molar-refractivity contribution in [1.29, 1.82) is 0 Å². The molecule has 4 heteroatoms. The number of benzene rings is 1. The summed E-state index contributed by atoms with van der Waals surface area (Å²) in [7, 11) is 0. The maximum atomic E-state index is 12.0. The zero-order valence-electron chi connectivity index (χ0n) is 8.44. The highest BCUT2D eigenvalue weighted by Crippen LogP contribution is 2.25. The molecule has 1 aliphatic rings. The van der Waals surface area contributed by atoms with E-state index in [0.717, 1.165) is 12.3 Å². The van der Waals surface area contributed by atoms with Crippen LogP contribution in [0.15, 0.2) is 24.3 Å². The van der Waals surface area contributed by atoms with Crippen molar-refractivity contribution in [2.45, 2.75) is 12.3 Å². The number of hydrogen-bond donors (Lipinski definition) is 0. The van der Waals surface area contributed by atoms with Gasteiger partial charge in [0.2, 0.25) is 0 Å². The first kappa shape index (κ1) is 10.8. The summed E-state index contributed by atoms with van der Waals surface area (Å²) in [6.07, 6.45) is 0. The Morgan fingerprint density at radius 1 is 1.47 bits per heavy atom. The second kappa shape index (κ2) is 4.45. The van der Waals surface area contributed by atoms with Crippen LogP contribution in [0.1, 0.15) is 17.3 Å². The highest BCUT2D eigenvalue weighted by Gasteiger charge is 2.26. The first-order valence-corrected chi connectivity index (χ1v) is 6.29. The second-order valence-corrected chi connectivity index (χ2v) is 5.34. The zero-order valence-corrected chi connectivity index (χ0v) is 10.0. The molecule has 1 atom stereocenters. The Labute approximate surface area is 98.6 Å². The van der Waals surface area contributed by atoms with Gasteiger partial charge in [0.25, 0.3) is 5.91 Å². The third-order valence-corrected chi connectivity index (χ3v) is 3.89. The lowest BCUT2D eigenvalue weighted by molar-refractivity contribution is 0.0768. The van der Waals surface area contributed by atoms with Gasteiger partial charge in [-0.1, -0.05) is 11.6 Å². The molecule has 1 aromatic carbocycles. The minimum Gasteiger partial charge on any atom is -0.326 e. The fourth-order valence-electron chi connectivity index (χ4n) is 1.62. The molecule has 0 spiro atoms. The van der Waals surface area contributed by atoms with Crippen LogP contribution >= 0.6 is 23.4 Å². The summed E-state index contributed by atoms with van der Waals surface area (Å²) in [4.78, 5) is 13.9. The Kier molecular flexibility index (Phi) is 3.22. The molecule has 0 N–H and O–H groups in total. The SMILES string of the molecule is CC1SCCN1C(=O)c1ccc(Cl)cc1. The fraction of sp³-hybridized carbons (Fsp3) is 0.364. The molecule has 2 rings (SSSR count). The van der Waals surface area contributed by atoms with Gasteiger partial charge in [-0.3, -0.25) is 4.79 Å². The molecular formula is C11H12ClNOS. The summed E-state index contributed by atoms with van der Waals surface area (Å²) in [5.41, 5.74) is 0.716. The topological polar surface area (TPSA) is 20.3 Å². The highest BCUT2D eigenvalue weighted by atomic mass is 35.5. The van der Waals surface area contributed by atoms with Gasteiger partial charge in [-0.15, -0.1) is 11.8 Å². The number of rotatable bonds is 1. The number of carbonyl (C=O) groups is 1. The molecule has 0 aliphatic carbocycles. The molecule has 0 saturated carbocycles. The lowest BCUT2D eigenvalue weighted by Gasteiger charge is -2.20. The Hall–Kier alpha value is -0.670. The second-order valence-electron chi connectivity index (χ2n) is 3.48. The summed E-state index contributed by atoms with van der Waals surface area (Å²) < 4.78 is 0. The van der Waals surface area contributed by atoms with Crippen LogP contribution in [0.25, 0.3) is 0 Å². The molecule has 0 radical (unpaired) electrons. The monoisotopic (exact) mass is 241 g/mol. The van der Waals surface area contributed by atoms with Crippen LogP contribution < -0.4 is 0 Å². The van der Waals surface area contributed by atoms with Crippen LogP contribution in [0.4, 0.5) is 0 Å². The molecule has 15 heavy (non-hydrogen) atoms. The summed E-state index contributed by atoms with van der Waals surface area (Å²) in [6.45, 7) is 2.90. The molecule has 1 fully saturated rings. The third-order valence-electron chi connectivity index (χ3n) is 2.48. The van der Waals surface area contributed by atoms with Crippen molar-refractivity contribution < 1.29 is 4.79 Å². The summed E-state index contributed by atoms with van der Waals surface area (Å²) in [5.74, 6) is 1.13. The average molecular weight is 242 g/mol. The largest absolute Gasteiger partial charge is 0.326 e. The molecule has 1 saturated heterocycles. The Bertz CT molecular complexity index is 365. The van der Waals surface area contributed by atoms with Gasteiger partial charge in [0.05, 0.1) is 5.37 Å². The standard InChI is InChI=1S/C11H12ClNOS/c1-8-13(6-7-15-8)11(14)9-2-4-10(12)5-3-9/h2-5,8H,6-7H2,1H3. The van der Waals surface area contributed by atoms with Gasteiger partial charge in [-0.25, -0.2) is 0 Å². The Morgan fingerprint density at radius 2 is 2.13 bits per heavy atom. The molecule has 0 bridgehead atoms. The van der Waals surface area contributed by atoms with Gasteiger partial charge in [-0.05, 0) is 31.2 Å². The summed E-state index contributed by atoms with van der Waals surface area (Å²) in [6, 6.07) is 7.06. The van der Waals surface area contributed by atoms with E-state index in [4.69, 9.17) is 11.6 Å². The van der Waals surface area contributed by atoms with Crippen molar-refractivity contribution in [2.75, 3.05) is 12.3 Å². The van der Waals surface area contributed by atoms with Crippen molar-refractivity contribution in [3.8, 4) is 0 Å². The van der Waals surface area contributed by atoms with Crippen LogP contribution in [-0.4, -0.2) is 28.5 Å². The normalized spacial score (nSPS) is 20.7. The first-order valence-electron chi connectivity index (χ1n) is 4.86. The molecule has 1 heterocycles. The number of hydrogen-bond acceptors (Lipinski definition) is 2. The lowest BCUT2D eigenvalue weighted by Crippen LogP contribution is -2.33. The Balaban J connectivity index is 2.17. The molecule has 80 valence electrons. The molecule has 0 aromatic heterocycles. The van der Waals surface area contributed by atoms with E-state index in [0.29, 0.717) is 10.6 Å². The van der Waals surface area contributed by atoms with Crippen LogP contribution in [0.5, 0.6) is 0 Å². The number of thioether (sulfide) groups is 1. The van der Waals surface area contributed by atoms with E-state index in [9.17, 15) is 4.79 Å². The van der Waals surface area contributed by atoms with Gasteiger partial charge in [0, 0.05) is 22.9 Å². The van der Waals surface area contributed by atoms with Crippen LogP contribution in [-0.2, 0) is 0 Å². The smallest absolute Gasteiger partial charge is 0.254 e. The molecule has 1 aromatic rings. The number of carbonyl (C=O) groups excluding carboxylic acids is 1. The van der Waals surface area contributed by atoms with Crippen LogP contribution in [0.3, 0.4) is 0 Å². The van der Waals surface area contributed by atoms with Crippen LogP contribution in [0, 0.1) is 0 Å². The molecule has 2 nitrogen and oxygen atoms in total. The third kappa shape index (κ3) is 2.29. The van der Waals surface area contributed by atoms with E-state index >= 15 is 0 Å².